The van der Waals surface area contributed by atoms with Crippen LogP contribution in [-0.4, -0.2) is 25.0 Å². The number of hydrogen-bond acceptors (Lipinski definition) is 4. The van der Waals surface area contributed by atoms with Gasteiger partial charge in [-0.25, -0.2) is 0 Å². The third kappa shape index (κ3) is 6.92. The van der Waals surface area contributed by atoms with E-state index in [2.05, 4.69) is 5.32 Å². The molecule has 6 nitrogen and oxygen atoms in total. The Balaban J connectivity index is 2.13. The van der Waals surface area contributed by atoms with Crippen LogP contribution in [0.2, 0.25) is 0 Å². The highest BCUT2D eigenvalue weighted by molar-refractivity contribution is 5.77. The minimum atomic E-state index is -0.323. The highest BCUT2D eigenvalue weighted by Crippen LogP contribution is 2.13. The van der Waals surface area contributed by atoms with Gasteiger partial charge in [-0.2, -0.15) is 0 Å². The molecular weight excluding hydrogens is 246 g/mol. The van der Waals surface area contributed by atoms with E-state index in [0.717, 1.165) is 0 Å². The summed E-state index contributed by atoms with van der Waals surface area (Å²) in [6.07, 6.45) is 1.73. The zero-order chi connectivity index (χ0) is 14.1. The van der Waals surface area contributed by atoms with Crippen molar-refractivity contribution in [3.63, 3.8) is 0 Å². The molecule has 0 atom stereocenters. The van der Waals surface area contributed by atoms with Gasteiger partial charge in [0.15, 0.2) is 6.61 Å². The van der Waals surface area contributed by atoms with Gasteiger partial charge in [0.2, 0.25) is 5.91 Å². The van der Waals surface area contributed by atoms with Crippen LogP contribution in [0, 0.1) is 0 Å². The van der Waals surface area contributed by atoms with E-state index in [4.69, 9.17) is 16.2 Å². The second-order valence-corrected chi connectivity index (χ2v) is 4.13. The van der Waals surface area contributed by atoms with Crippen molar-refractivity contribution < 1.29 is 14.3 Å². The van der Waals surface area contributed by atoms with Crippen LogP contribution in [0.1, 0.15) is 19.3 Å². The highest BCUT2D eigenvalue weighted by Gasteiger charge is 2.02. The summed E-state index contributed by atoms with van der Waals surface area (Å²) in [5.74, 6) is 0.0294. The number of anilines is 1. The molecule has 0 aliphatic heterocycles. The fourth-order valence-corrected chi connectivity index (χ4v) is 1.46. The third-order valence-electron chi connectivity index (χ3n) is 2.40. The standard InChI is InChI=1S/C13H19N3O3/c14-10-4-3-5-11(8-10)19-9-13(18)16-7-2-1-6-12(15)17/h3-5,8H,1-2,6-7,9,14H2,(H2,15,17)(H,16,18). The maximum Gasteiger partial charge on any atom is 0.257 e. The second kappa shape index (κ2) is 7.97. The lowest BCUT2D eigenvalue weighted by Gasteiger charge is -2.07. The molecule has 0 heterocycles. The predicted molar refractivity (Wildman–Crippen MR) is 72.4 cm³/mol. The number of primary amides is 1. The first-order valence-electron chi connectivity index (χ1n) is 6.11. The number of hydrogen-bond donors (Lipinski definition) is 3. The Kier molecular flexibility index (Phi) is 6.21. The van der Waals surface area contributed by atoms with Gasteiger partial charge in [0, 0.05) is 24.7 Å². The summed E-state index contributed by atoms with van der Waals surface area (Å²) < 4.78 is 5.28. The molecular formula is C13H19N3O3. The molecule has 1 rings (SSSR count). The monoisotopic (exact) mass is 265 g/mol. The fourth-order valence-electron chi connectivity index (χ4n) is 1.46. The summed E-state index contributed by atoms with van der Waals surface area (Å²) in [6, 6.07) is 6.88. The van der Waals surface area contributed by atoms with E-state index in [-0.39, 0.29) is 18.4 Å². The van der Waals surface area contributed by atoms with Gasteiger partial charge in [0.25, 0.3) is 5.91 Å². The van der Waals surface area contributed by atoms with E-state index in [1.165, 1.54) is 0 Å². The number of ether oxygens (including phenoxy) is 1. The van der Waals surface area contributed by atoms with Gasteiger partial charge in [-0.15, -0.1) is 0 Å². The van der Waals surface area contributed by atoms with Crippen LogP contribution in [0.4, 0.5) is 5.69 Å². The molecule has 0 aliphatic rings. The molecule has 2 amide bonds. The first-order chi connectivity index (χ1) is 9.08. The molecule has 0 aromatic heterocycles. The summed E-state index contributed by atoms with van der Waals surface area (Å²) in [7, 11) is 0. The highest BCUT2D eigenvalue weighted by atomic mass is 16.5. The number of nitrogens with one attached hydrogen (secondary N) is 1. The van der Waals surface area contributed by atoms with Crippen molar-refractivity contribution >= 4 is 17.5 Å². The Morgan fingerprint density at radius 2 is 2.05 bits per heavy atom. The maximum absolute atomic E-state index is 11.4. The van der Waals surface area contributed by atoms with Gasteiger partial charge in [0.1, 0.15) is 5.75 Å². The number of nitrogen functional groups attached to an aromatic ring is 1. The zero-order valence-electron chi connectivity index (χ0n) is 10.7. The Morgan fingerprint density at radius 1 is 1.26 bits per heavy atom. The molecule has 0 saturated carbocycles. The number of benzene rings is 1. The minimum Gasteiger partial charge on any atom is -0.484 e. The van der Waals surface area contributed by atoms with Crippen LogP contribution >= 0.6 is 0 Å². The molecule has 0 unspecified atom stereocenters. The Labute approximate surface area is 112 Å². The predicted octanol–water partition coefficient (Wildman–Crippen LogP) is 0.419. The smallest absolute Gasteiger partial charge is 0.257 e. The van der Waals surface area contributed by atoms with Crippen molar-refractivity contribution in [2.45, 2.75) is 19.3 Å². The summed E-state index contributed by atoms with van der Waals surface area (Å²) in [5.41, 5.74) is 11.2. The van der Waals surface area contributed by atoms with E-state index in [1.807, 2.05) is 0 Å². The summed E-state index contributed by atoms with van der Waals surface area (Å²) >= 11 is 0. The van der Waals surface area contributed by atoms with Gasteiger partial charge < -0.3 is 21.5 Å². The van der Waals surface area contributed by atoms with Gasteiger partial charge in [0.05, 0.1) is 0 Å². The molecule has 0 spiro atoms. The lowest BCUT2D eigenvalue weighted by Crippen LogP contribution is -2.29. The van der Waals surface area contributed by atoms with Gasteiger partial charge >= 0.3 is 0 Å². The van der Waals surface area contributed by atoms with E-state index in [9.17, 15) is 9.59 Å². The van der Waals surface area contributed by atoms with E-state index >= 15 is 0 Å². The van der Waals surface area contributed by atoms with Crippen molar-refractivity contribution in [2.24, 2.45) is 5.73 Å². The number of carbonyl (C=O) groups is 2. The molecule has 1 aromatic rings. The van der Waals surface area contributed by atoms with Gasteiger partial charge in [-0.05, 0) is 25.0 Å². The molecule has 0 radical (unpaired) electrons. The maximum atomic E-state index is 11.4. The summed E-state index contributed by atoms with van der Waals surface area (Å²) in [5, 5.41) is 2.69. The van der Waals surface area contributed by atoms with Crippen LogP contribution in [0.25, 0.3) is 0 Å². The average molecular weight is 265 g/mol. The quantitative estimate of drug-likeness (QED) is 0.467. The number of nitrogens with two attached hydrogens (primary N) is 2. The van der Waals surface area contributed by atoms with Crippen molar-refractivity contribution in [3.05, 3.63) is 24.3 Å². The van der Waals surface area contributed by atoms with Crippen molar-refractivity contribution in [1.82, 2.24) is 5.32 Å². The Bertz CT molecular complexity index is 435. The molecule has 0 aliphatic carbocycles. The number of amides is 2. The van der Waals surface area contributed by atoms with Gasteiger partial charge in [-0.3, -0.25) is 9.59 Å². The number of rotatable bonds is 8. The number of unbranched alkanes of at least 4 members (excludes halogenated alkanes) is 1. The molecule has 0 bridgehead atoms. The molecule has 104 valence electrons. The third-order valence-corrected chi connectivity index (χ3v) is 2.40. The van der Waals surface area contributed by atoms with Crippen LogP contribution in [0.3, 0.4) is 0 Å². The van der Waals surface area contributed by atoms with Crippen molar-refractivity contribution in [1.29, 1.82) is 0 Å². The van der Waals surface area contributed by atoms with Crippen molar-refractivity contribution in [3.8, 4) is 5.75 Å². The van der Waals surface area contributed by atoms with Crippen LogP contribution in [-0.2, 0) is 9.59 Å². The second-order valence-electron chi connectivity index (χ2n) is 4.13. The summed E-state index contributed by atoms with van der Waals surface area (Å²) in [4.78, 5) is 21.9. The molecule has 1 aromatic carbocycles. The SMILES string of the molecule is NC(=O)CCCCNC(=O)COc1cccc(N)c1. The Hall–Kier alpha value is -2.24. The minimum absolute atomic E-state index is 0.0563. The van der Waals surface area contributed by atoms with Crippen LogP contribution in [0.15, 0.2) is 24.3 Å². The van der Waals surface area contributed by atoms with Crippen LogP contribution in [0.5, 0.6) is 5.75 Å². The molecule has 0 saturated heterocycles. The lowest BCUT2D eigenvalue weighted by molar-refractivity contribution is -0.123. The zero-order valence-corrected chi connectivity index (χ0v) is 10.7. The number of carbonyl (C=O) groups excluding carboxylic acids is 2. The van der Waals surface area contributed by atoms with Crippen molar-refractivity contribution in [2.75, 3.05) is 18.9 Å². The molecule has 19 heavy (non-hydrogen) atoms. The molecule has 6 heteroatoms. The molecule has 0 fully saturated rings. The first-order valence-corrected chi connectivity index (χ1v) is 6.11. The van der Waals surface area contributed by atoms with Gasteiger partial charge in [-0.1, -0.05) is 6.07 Å². The van der Waals surface area contributed by atoms with Crippen LogP contribution < -0.4 is 21.5 Å². The summed E-state index contributed by atoms with van der Waals surface area (Å²) in [6.45, 7) is 0.450. The largest absolute Gasteiger partial charge is 0.484 e. The van der Waals surface area contributed by atoms with E-state index in [1.54, 1.807) is 24.3 Å². The van der Waals surface area contributed by atoms with E-state index in [0.29, 0.717) is 37.2 Å². The first kappa shape index (κ1) is 14.8. The van der Waals surface area contributed by atoms with E-state index < -0.39 is 0 Å². The lowest BCUT2D eigenvalue weighted by atomic mass is 10.2. The molecule has 5 N–H and O–H groups in total. The topological polar surface area (TPSA) is 107 Å². The Morgan fingerprint density at radius 3 is 2.74 bits per heavy atom. The normalized spacial score (nSPS) is 9.89. The average Bonchev–Trinajstić information content (AvgIpc) is 2.35. The fraction of sp³-hybridized carbons (Fsp3) is 0.385.